The van der Waals surface area contributed by atoms with Crippen molar-refractivity contribution >= 4 is 42.5 Å². The second kappa shape index (κ2) is 9.56. The molecule has 1 atom stereocenters. The first-order valence-corrected chi connectivity index (χ1v) is 10.7. The minimum atomic E-state index is -2.93. The predicted octanol–water partition coefficient (Wildman–Crippen LogP) is 4.26. The van der Waals surface area contributed by atoms with Crippen LogP contribution in [-0.2, 0) is 15.8 Å². The van der Waals surface area contributed by atoms with Gasteiger partial charge < -0.3 is 19.8 Å². The Morgan fingerprint density at radius 2 is 2.09 bits per heavy atom. The summed E-state index contributed by atoms with van der Waals surface area (Å²) in [6.07, 6.45) is -0.135. The fraction of sp³-hybridized carbons (Fsp3) is 0.190. The number of nitrogens with one attached hydrogen (secondary N) is 2. The minimum Gasteiger partial charge on any atom is -0.494 e. The highest BCUT2D eigenvalue weighted by atomic mass is 31.1. The van der Waals surface area contributed by atoms with Crippen LogP contribution in [0.2, 0.25) is 0 Å². The first kappa shape index (κ1) is 18.6. The summed E-state index contributed by atoms with van der Waals surface area (Å²) >= 11 is 0. The van der Waals surface area contributed by atoms with E-state index in [2.05, 4.69) is 25.1 Å². The maximum atomic E-state index is 14.4. The summed E-state index contributed by atoms with van der Waals surface area (Å²) in [5.41, 5.74) is 1.63. The molecule has 0 aliphatic carbocycles. The van der Waals surface area contributed by atoms with Crippen molar-refractivity contribution in [2.24, 2.45) is 0 Å². The van der Waals surface area contributed by atoms with Crippen molar-refractivity contribution in [1.29, 1.82) is 0 Å². The van der Waals surface area contributed by atoms with Crippen molar-refractivity contribution in [3.05, 3.63) is 64.0 Å². The highest BCUT2D eigenvalue weighted by Crippen LogP contribution is 2.28. The van der Waals surface area contributed by atoms with E-state index < -0.39 is 39.3 Å². The normalized spacial score (nSPS) is 13.6. The lowest BCUT2D eigenvalue weighted by Crippen LogP contribution is -2.14. The molecule has 4 aromatic rings. The molecular formula is C21H20FN5O6P+. The van der Waals surface area contributed by atoms with Crippen LogP contribution in [0.5, 0.6) is 5.75 Å². The van der Waals surface area contributed by atoms with Crippen LogP contribution in [0, 0.1) is 19.7 Å². The summed E-state index contributed by atoms with van der Waals surface area (Å²) in [5.74, 6) is -1.93. The average molecular weight is 492 g/mol. The number of fused-ring (bicyclic) bond motifs is 1. The molecule has 1 unspecified atom stereocenters. The number of hydrogen-bond acceptors (Lipinski definition) is 9. The van der Waals surface area contributed by atoms with Crippen LogP contribution in [0.1, 0.15) is 16.6 Å². The second-order valence-electron chi connectivity index (χ2n) is 7.06. The van der Waals surface area contributed by atoms with Crippen LogP contribution in [0.15, 0.2) is 45.7 Å². The molecule has 0 aliphatic rings. The largest absolute Gasteiger partial charge is 0.696 e. The standard InChI is InChI=1S/C21H19FN5O6P/c1-11-6-14(8-17(31-3)18(11)22)25-20-23-9-12(2)19(26-20)24-13-4-5-16-15(7-13)27(21(28)33-16)10-32-34(29)30/h4-9H,10H2,1-3H3,(H2-,23,24,25,26,29,30)/p+1/i3D3,9D. The van der Waals surface area contributed by atoms with Crippen LogP contribution in [0.4, 0.5) is 27.5 Å². The number of ether oxygens (including phenoxy) is 1. The smallest absolute Gasteiger partial charge is 0.494 e. The van der Waals surface area contributed by atoms with E-state index in [0.717, 1.165) is 10.6 Å². The van der Waals surface area contributed by atoms with Crippen molar-refractivity contribution in [3.63, 3.8) is 0 Å². The molecule has 176 valence electrons. The Balaban J connectivity index is 1.65. The molecule has 0 bridgehead atoms. The van der Waals surface area contributed by atoms with E-state index in [1.165, 1.54) is 25.1 Å². The van der Waals surface area contributed by atoms with Crippen LogP contribution >= 0.6 is 8.25 Å². The number of halogens is 1. The van der Waals surface area contributed by atoms with E-state index in [1.807, 2.05) is 0 Å². The van der Waals surface area contributed by atoms with E-state index in [1.54, 1.807) is 13.0 Å². The zero-order valence-corrected chi connectivity index (χ0v) is 18.6. The number of oxazole rings is 1. The first-order valence-electron chi connectivity index (χ1n) is 11.6. The van der Waals surface area contributed by atoms with Gasteiger partial charge in [-0.15, -0.1) is 4.89 Å². The third-order valence-electron chi connectivity index (χ3n) is 4.72. The molecule has 2 heterocycles. The summed E-state index contributed by atoms with van der Waals surface area (Å²) in [7, 11) is -5.80. The van der Waals surface area contributed by atoms with E-state index in [-0.39, 0.29) is 40.3 Å². The molecule has 11 nitrogen and oxygen atoms in total. The molecule has 0 aliphatic heterocycles. The summed E-state index contributed by atoms with van der Waals surface area (Å²) < 4.78 is 70.6. The van der Waals surface area contributed by atoms with Gasteiger partial charge in [-0.2, -0.15) is 4.98 Å². The van der Waals surface area contributed by atoms with Gasteiger partial charge in [0.05, 0.1) is 18.0 Å². The third kappa shape index (κ3) is 4.88. The Morgan fingerprint density at radius 3 is 2.85 bits per heavy atom. The highest BCUT2D eigenvalue weighted by molar-refractivity contribution is 7.32. The van der Waals surface area contributed by atoms with Crippen LogP contribution in [0.3, 0.4) is 0 Å². The van der Waals surface area contributed by atoms with Gasteiger partial charge >= 0.3 is 14.0 Å². The Hall–Kier alpha value is -3.86. The van der Waals surface area contributed by atoms with Crippen molar-refractivity contribution in [3.8, 4) is 5.75 Å². The number of anilines is 4. The van der Waals surface area contributed by atoms with Gasteiger partial charge in [0.2, 0.25) is 5.95 Å². The summed E-state index contributed by atoms with van der Waals surface area (Å²) in [5, 5.41) is 5.84. The number of methoxy groups -OCH3 is 1. The lowest BCUT2D eigenvalue weighted by molar-refractivity contribution is 0.213. The molecular weight excluding hydrogens is 468 g/mol. The number of hydrogen-bond donors (Lipinski definition) is 3. The van der Waals surface area contributed by atoms with Gasteiger partial charge in [0.15, 0.2) is 23.9 Å². The van der Waals surface area contributed by atoms with Gasteiger partial charge in [0.1, 0.15) is 5.82 Å². The monoisotopic (exact) mass is 492 g/mol. The lowest BCUT2D eigenvalue weighted by Gasteiger charge is -2.13. The molecule has 0 fully saturated rings. The molecule has 0 radical (unpaired) electrons. The molecule has 4 rings (SSSR count). The van der Waals surface area contributed by atoms with Gasteiger partial charge in [-0.3, -0.25) is 0 Å². The quantitative estimate of drug-likeness (QED) is 0.306. The molecule has 34 heavy (non-hydrogen) atoms. The van der Waals surface area contributed by atoms with E-state index in [0.29, 0.717) is 11.3 Å². The lowest BCUT2D eigenvalue weighted by atomic mass is 10.2. The van der Waals surface area contributed by atoms with Crippen LogP contribution < -0.4 is 21.1 Å². The molecule has 0 spiro atoms. The van der Waals surface area contributed by atoms with Crippen molar-refractivity contribution in [2.75, 3.05) is 17.7 Å². The van der Waals surface area contributed by atoms with E-state index >= 15 is 0 Å². The third-order valence-corrected chi connectivity index (χ3v) is 5.05. The Bertz CT molecular complexity index is 1610. The van der Waals surface area contributed by atoms with Gasteiger partial charge in [-0.05, 0) is 43.7 Å². The van der Waals surface area contributed by atoms with Crippen LogP contribution in [0.25, 0.3) is 11.1 Å². The SMILES string of the molecule is [2H]c1nc(Nc2cc(C)c(F)c(OC([2H])([2H])[2H])c2)nc(Nc2ccc3oc(=O)n(CO[P+](=O)O)c3c2)c1C. The molecule has 0 saturated heterocycles. The predicted molar refractivity (Wildman–Crippen MR) is 122 cm³/mol. The number of aromatic nitrogens is 3. The number of aryl methyl sites for hydroxylation is 1. The number of benzene rings is 2. The van der Waals surface area contributed by atoms with E-state index in [9.17, 15) is 13.8 Å². The second-order valence-corrected chi connectivity index (χ2v) is 7.80. The highest BCUT2D eigenvalue weighted by Gasteiger charge is 2.17. The zero-order chi connectivity index (χ0) is 27.8. The zero-order valence-electron chi connectivity index (χ0n) is 21.7. The van der Waals surface area contributed by atoms with Gasteiger partial charge in [0.25, 0.3) is 0 Å². The maximum Gasteiger partial charge on any atom is 0.696 e. The average Bonchev–Trinajstić information content (AvgIpc) is 3.12. The van der Waals surface area contributed by atoms with Crippen LogP contribution in [-0.4, -0.2) is 26.5 Å². The fourth-order valence-electron chi connectivity index (χ4n) is 3.10. The Kier molecular flexibility index (Phi) is 5.21. The topological polar surface area (TPSA) is 141 Å². The Morgan fingerprint density at radius 1 is 1.26 bits per heavy atom. The molecule has 2 aromatic carbocycles. The summed E-state index contributed by atoms with van der Waals surface area (Å²) in [6.45, 7) is 2.53. The molecule has 2 aromatic heterocycles. The van der Waals surface area contributed by atoms with Gasteiger partial charge in [0, 0.05) is 33.7 Å². The van der Waals surface area contributed by atoms with Gasteiger partial charge in [-0.25, -0.2) is 18.7 Å². The van der Waals surface area contributed by atoms with E-state index in [4.69, 9.17) is 19.5 Å². The molecule has 0 saturated carbocycles. The molecule has 13 heteroatoms. The van der Waals surface area contributed by atoms with Crippen molar-refractivity contribution in [2.45, 2.75) is 20.6 Å². The maximum absolute atomic E-state index is 14.4. The Labute approximate surface area is 198 Å². The van der Waals surface area contributed by atoms with Crippen molar-refractivity contribution in [1.82, 2.24) is 14.5 Å². The number of nitrogens with zero attached hydrogens (tertiary/aromatic N) is 3. The first-order chi connectivity index (χ1) is 17.8. The van der Waals surface area contributed by atoms with Gasteiger partial charge in [-0.1, -0.05) is 4.52 Å². The van der Waals surface area contributed by atoms with Crippen molar-refractivity contribution < 1.29 is 33.0 Å². The summed E-state index contributed by atoms with van der Waals surface area (Å²) in [4.78, 5) is 29.4. The minimum absolute atomic E-state index is 0.0459. The molecule has 0 amide bonds. The number of rotatable bonds is 8. The summed E-state index contributed by atoms with van der Waals surface area (Å²) in [6, 6.07) is 7.15. The fourth-order valence-corrected chi connectivity index (χ4v) is 3.32. The molecule has 3 N–H and O–H groups in total.